The lowest BCUT2D eigenvalue weighted by atomic mass is 10.1. The van der Waals surface area contributed by atoms with Crippen LogP contribution in [0.5, 0.6) is 0 Å². The summed E-state index contributed by atoms with van der Waals surface area (Å²) in [5.41, 5.74) is 5.90. The highest BCUT2D eigenvalue weighted by Crippen LogP contribution is 2.27. The average Bonchev–Trinajstić information content (AvgIpc) is 2.67. The zero-order valence-corrected chi connectivity index (χ0v) is 11.8. The Morgan fingerprint density at radius 1 is 1.39 bits per heavy atom. The highest BCUT2D eigenvalue weighted by Gasteiger charge is 2.26. The highest BCUT2D eigenvalue weighted by atomic mass is 35.5. The second-order valence-electron chi connectivity index (χ2n) is 4.92. The third kappa shape index (κ3) is 2.96. The van der Waals surface area contributed by atoms with Gasteiger partial charge in [-0.2, -0.15) is 0 Å². The molecule has 1 aliphatic rings. The van der Waals surface area contributed by atoms with E-state index in [1.165, 1.54) is 18.2 Å². The Bertz CT molecular complexity index is 545. The van der Waals surface area contributed by atoms with Gasteiger partial charge in [0.2, 0.25) is 10.0 Å². The fourth-order valence-electron chi connectivity index (χ4n) is 2.29. The number of sulfonamides is 1. The van der Waals surface area contributed by atoms with E-state index in [0.717, 1.165) is 19.3 Å². The third-order valence-corrected chi connectivity index (χ3v) is 5.16. The largest absolute Gasteiger partial charge is 0.397 e. The molecule has 1 aromatic rings. The lowest BCUT2D eigenvalue weighted by Gasteiger charge is -2.13. The van der Waals surface area contributed by atoms with Crippen LogP contribution >= 0.6 is 11.6 Å². The van der Waals surface area contributed by atoms with E-state index in [1.807, 2.05) is 0 Å². The van der Waals surface area contributed by atoms with Crippen molar-refractivity contribution in [1.82, 2.24) is 4.72 Å². The maximum Gasteiger partial charge on any atom is 0.240 e. The first-order valence-electron chi connectivity index (χ1n) is 5.96. The van der Waals surface area contributed by atoms with Crippen LogP contribution in [0.1, 0.15) is 26.2 Å². The molecule has 0 amide bonds. The van der Waals surface area contributed by atoms with Crippen molar-refractivity contribution in [2.24, 2.45) is 5.92 Å². The summed E-state index contributed by atoms with van der Waals surface area (Å²) in [6.07, 6.45) is 2.85. The van der Waals surface area contributed by atoms with Gasteiger partial charge in [0, 0.05) is 6.04 Å². The second-order valence-corrected chi connectivity index (χ2v) is 7.04. The Hall–Kier alpha value is -0.780. The quantitative estimate of drug-likeness (QED) is 0.839. The van der Waals surface area contributed by atoms with Crippen LogP contribution in [0.3, 0.4) is 0 Å². The predicted molar refractivity (Wildman–Crippen MR) is 73.0 cm³/mol. The molecule has 2 atom stereocenters. The van der Waals surface area contributed by atoms with Crippen LogP contribution < -0.4 is 10.5 Å². The van der Waals surface area contributed by atoms with Gasteiger partial charge >= 0.3 is 0 Å². The van der Waals surface area contributed by atoms with Gasteiger partial charge in [-0.25, -0.2) is 13.1 Å². The Kier molecular flexibility index (Phi) is 3.84. The molecule has 0 radical (unpaired) electrons. The molecule has 0 saturated heterocycles. The van der Waals surface area contributed by atoms with Crippen molar-refractivity contribution >= 4 is 27.3 Å². The molecule has 100 valence electrons. The van der Waals surface area contributed by atoms with E-state index in [9.17, 15) is 8.42 Å². The molecule has 0 aromatic heterocycles. The summed E-state index contributed by atoms with van der Waals surface area (Å²) in [4.78, 5) is 0.170. The van der Waals surface area contributed by atoms with Crippen LogP contribution in [-0.2, 0) is 10.0 Å². The van der Waals surface area contributed by atoms with Crippen LogP contribution in [0.15, 0.2) is 23.1 Å². The number of anilines is 1. The number of benzene rings is 1. The first-order chi connectivity index (χ1) is 8.38. The summed E-state index contributed by atoms with van der Waals surface area (Å²) in [6, 6.07) is 4.40. The van der Waals surface area contributed by atoms with Gasteiger partial charge in [-0.15, -0.1) is 0 Å². The predicted octanol–water partition coefficient (Wildman–Crippen LogP) is 2.39. The monoisotopic (exact) mass is 288 g/mol. The molecule has 2 rings (SSSR count). The Labute approximate surface area is 113 Å². The first-order valence-corrected chi connectivity index (χ1v) is 7.82. The van der Waals surface area contributed by atoms with E-state index in [1.54, 1.807) is 0 Å². The zero-order valence-electron chi connectivity index (χ0n) is 10.2. The molecule has 6 heteroatoms. The Morgan fingerprint density at radius 3 is 2.67 bits per heavy atom. The van der Waals surface area contributed by atoms with E-state index in [4.69, 9.17) is 17.3 Å². The molecule has 1 aromatic carbocycles. The zero-order chi connectivity index (χ0) is 13.3. The lowest BCUT2D eigenvalue weighted by Crippen LogP contribution is -2.32. The fourth-order valence-corrected chi connectivity index (χ4v) is 3.73. The Balaban J connectivity index is 2.17. The van der Waals surface area contributed by atoms with Crippen LogP contribution in [-0.4, -0.2) is 14.5 Å². The molecular formula is C12H17ClN2O2S. The van der Waals surface area contributed by atoms with Crippen molar-refractivity contribution in [3.63, 3.8) is 0 Å². The van der Waals surface area contributed by atoms with Gasteiger partial charge in [-0.1, -0.05) is 18.5 Å². The minimum atomic E-state index is -3.50. The van der Waals surface area contributed by atoms with Gasteiger partial charge < -0.3 is 5.73 Å². The van der Waals surface area contributed by atoms with Crippen molar-refractivity contribution in [2.75, 3.05) is 5.73 Å². The van der Waals surface area contributed by atoms with Crippen LogP contribution in [0.2, 0.25) is 5.02 Å². The molecule has 4 nitrogen and oxygen atoms in total. The van der Waals surface area contributed by atoms with Crippen LogP contribution in [0.25, 0.3) is 0 Å². The van der Waals surface area contributed by atoms with Gasteiger partial charge in [0.05, 0.1) is 15.6 Å². The van der Waals surface area contributed by atoms with E-state index < -0.39 is 10.0 Å². The molecular weight excluding hydrogens is 272 g/mol. The summed E-state index contributed by atoms with van der Waals surface area (Å²) < 4.78 is 27.0. The molecule has 1 aliphatic carbocycles. The summed E-state index contributed by atoms with van der Waals surface area (Å²) in [6.45, 7) is 2.13. The number of hydrogen-bond donors (Lipinski definition) is 2. The average molecular weight is 289 g/mol. The first kappa shape index (κ1) is 13.6. The molecule has 3 N–H and O–H groups in total. The molecule has 0 bridgehead atoms. The van der Waals surface area contributed by atoms with Gasteiger partial charge in [-0.3, -0.25) is 0 Å². The standard InChI is InChI=1S/C12H17ClN2O2S/c1-8-2-3-9(6-8)15-18(16,17)10-4-5-11(13)12(14)7-10/h4-5,7-9,15H,2-3,6,14H2,1H3. The van der Waals surface area contributed by atoms with E-state index in [2.05, 4.69) is 11.6 Å². The number of halogens is 1. The number of hydrogen-bond acceptors (Lipinski definition) is 3. The highest BCUT2D eigenvalue weighted by molar-refractivity contribution is 7.89. The van der Waals surface area contributed by atoms with Crippen molar-refractivity contribution in [3.8, 4) is 0 Å². The molecule has 1 saturated carbocycles. The van der Waals surface area contributed by atoms with Crippen molar-refractivity contribution in [2.45, 2.75) is 37.1 Å². The van der Waals surface area contributed by atoms with Crippen LogP contribution in [0, 0.1) is 5.92 Å². The SMILES string of the molecule is CC1CCC(NS(=O)(=O)c2ccc(Cl)c(N)c2)C1. The van der Waals surface area contributed by atoms with Gasteiger partial charge in [0.1, 0.15) is 0 Å². The lowest BCUT2D eigenvalue weighted by molar-refractivity contribution is 0.538. The summed E-state index contributed by atoms with van der Waals surface area (Å²) in [7, 11) is -3.50. The van der Waals surface area contributed by atoms with E-state index >= 15 is 0 Å². The topological polar surface area (TPSA) is 72.2 Å². The number of nitrogens with two attached hydrogens (primary N) is 1. The smallest absolute Gasteiger partial charge is 0.240 e. The van der Waals surface area contributed by atoms with E-state index in [0.29, 0.717) is 10.9 Å². The fraction of sp³-hybridized carbons (Fsp3) is 0.500. The van der Waals surface area contributed by atoms with Gasteiger partial charge in [0.25, 0.3) is 0 Å². The molecule has 18 heavy (non-hydrogen) atoms. The maximum atomic E-state index is 12.1. The molecule has 2 unspecified atom stereocenters. The number of nitrogens with one attached hydrogen (secondary N) is 1. The van der Waals surface area contributed by atoms with E-state index in [-0.39, 0.29) is 16.6 Å². The van der Waals surface area contributed by atoms with Crippen molar-refractivity contribution in [1.29, 1.82) is 0 Å². The minimum Gasteiger partial charge on any atom is -0.397 e. The molecule has 0 heterocycles. The summed E-state index contributed by atoms with van der Waals surface area (Å²) >= 11 is 5.78. The summed E-state index contributed by atoms with van der Waals surface area (Å²) in [5.74, 6) is 0.577. The van der Waals surface area contributed by atoms with Crippen molar-refractivity contribution < 1.29 is 8.42 Å². The van der Waals surface area contributed by atoms with Crippen molar-refractivity contribution in [3.05, 3.63) is 23.2 Å². The molecule has 0 spiro atoms. The number of nitrogen functional groups attached to an aromatic ring is 1. The Morgan fingerprint density at radius 2 is 2.11 bits per heavy atom. The third-order valence-electron chi connectivity index (χ3n) is 3.29. The minimum absolute atomic E-state index is 0.0295. The number of rotatable bonds is 3. The van der Waals surface area contributed by atoms with Crippen LogP contribution in [0.4, 0.5) is 5.69 Å². The second kappa shape index (κ2) is 5.07. The summed E-state index contributed by atoms with van der Waals surface area (Å²) in [5, 5.41) is 0.364. The van der Waals surface area contributed by atoms with Gasteiger partial charge in [0.15, 0.2) is 0 Å². The maximum absolute atomic E-state index is 12.1. The molecule has 1 fully saturated rings. The molecule has 0 aliphatic heterocycles. The van der Waals surface area contributed by atoms with Gasteiger partial charge in [-0.05, 0) is 43.4 Å². The normalized spacial score (nSPS) is 24.3.